The van der Waals surface area contributed by atoms with Gasteiger partial charge in [-0.05, 0) is 0 Å². The van der Waals surface area contributed by atoms with Crippen LogP contribution < -0.4 is 0 Å². The molecule has 19 heavy (non-hydrogen) atoms. The van der Waals surface area contributed by atoms with E-state index in [2.05, 4.69) is 23.3 Å². The molecule has 0 unspecified atom stereocenters. The normalized spacial score (nSPS) is 12.9. The van der Waals surface area contributed by atoms with Crippen LogP contribution in [0.25, 0.3) is 0 Å². The van der Waals surface area contributed by atoms with Gasteiger partial charge in [-0.2, -0.15) is 17.6 Å². The molecule has 0 aliphatic heterocycles. The van der Waals surface area contributed by atoms with E-state index in [0.29, 0.717) is 6.92 Å². The summed E-state index contributed by atoms with van der Waals surface area (Å²) in [6.45, 7) is 2.30. The molecule has 0 atom stereocenters. The number of hydrogen-bond donors (Lipinski definition) is 0. The highest BCUT2D eigenvalue weighted by atomic mass is 19.3. The Kier molecular flexibility index (Phi) is 9.45. The SMILES string of the molecule is CCC.CCC(F)(F)OCC(F)(F)OCC(C)(F)F. The summed E-state index contributed by atoms with van der Waals surface area (Å²) in [5.41, 5.74) is 0. The maximum atomic E-state index is 12.6. The van der Waals surface area contributed by atoms with Gasteiger partial charge in [-0.3, -0.25) is 0 Å². The van der Waals surface area contributed by atoms with Crippen LogP contribution in [-0.2, 0) is 9.47 Å². The van der Waals surface area contributed by atoms with E-state index in [4.69, 9.17) is 0 Å². The molecule has 0 aliphatic rings. The lowest BCUT2D eigenvalue weighted by Crippen LogP contribution is -2.36. The largest absolute Gasteiger partial charge is 0.379 e. The lowest BCUT2D eigenvalue weighted by atomic mass is 10.4. The molecule has 2 nitrogen and oxygen atoms in total. The number of rotatable bonds is 7. The first kappa shape index (κ1) is 20.8. The second-order valence-corrected chi connectivity index (χ2v) is 3.98. The Morgan fingerprint density at radius 1 is 0.737 bits per heavy atom. The second-order valence-electron chi connectivity index (χ2n) is 3.98. The minimum Gasteiger partial charge on any atom is -0.312 e. The first-order valence-corrected chi connectivity index (χ1v) is 5.80. The monoisotopic (exact) mass is 298 g/mol. The van der Waals surface area contributed by atoms with Crippen molar-refractivity contribution in [3.8, 4) is 0 Å². The number of hydrogen-bond acceptors (Lipinski definition) is 2. The third-order valence-corrected chi connectivity index (χ3v) is 1.40. The molecule has 0 N–H and O–H groups in total. The molecule has 0 aromatic rings. The van der Waals surface area contributed by atoms with Gasteiger partial charge in [-0.1, -0.05) is 27.2 Å². The minimum atomic E-state index is -4.17. The van der Waals surface area contributed by atoms with Gasteiger partial charge in [0.1, 0.15) is 13.2 Å². The van der Waals surface area contributed by atoms with Gasteiger partial charge in [0.25, 0.3) is 5.92 Å². The lowest BCUT2D eigenvalue weighted by Gasteiger charge is -2.22. The van der Waals surface area contributed by atoms with Crippen LogP contribution in [0.1, 0.15) is 40.5 Å². The summed E-state index contributed by atoms with van der Waals surface area (Å²) in [6, 6.07) is 0. The molecule has 0 amide bonds. The Morgan fingerprint density at radius 2 is 1.11 bits per heavy atom. The maximum absolute atomic E-state index is 12.6. The standard InChI is InChI=1S/C8H12F6O2.C3H8/c1-3-7(11,12)16-5-8(13,14)15-4-6(2,9)10;1-3-2/h3-5H2,1-2H3;3H2,1-2H3. The highest BCUT2D eigenvalue weighted by molar-refractivity contribution is 4.60. The van der Waals surface area contributed by atoms with Gasteiger partial charge in [0, 0.05) is 13.3 Å². The highest BCUT2D eigenvalue weighted by Gasteiger charge is 2.39. The molecule has 0 radical (unpaired) electrons. The quantitative estimate of drug-likeness (QED) is 0.635. The summed E-state index contributed by atoms with van der Waals surface area (Å²) < 4.78 is 81.3. The van der Waals surface area contributed by atoms with E-state index in [-0.39, 0.29) is 0 Å². The molecule has 8 heteroatoms. The van der Waals surface area contributed by atoms with Gasteiger partial charge in [0.2, 0.25) is 0 Å². The smallest absolute Gasteiger partial charge is 0.312 e. The third kappa shape index (κ3) is 15.4. The molecule has 118 valence electrons. The second kappa shape index (κ2) is 8.63. The average Bonchev–Trinajstić information content (AvgIpc) is 2.25. The van der Waals surface area contributed by atoms with Gasteiger partial charge in [-0.25, -0.2) is 8.78 Å². The van der Waals surface area contributed by atoms with Crippen molar-refractivity contribution in [3.63, 3.8) is 0 Å². The fourth-order valence-electron chi connectivity index (χ4n) is 0.566. The van der Waals surface area contributed by atoms with E-state index >= 15 is 0 Å². The van der Waals surface area contributed by atoms with Crippen LogP contribution in [0.15, 0.2) is 0 Å². The Morgan fingerprint density at radius 3 is 1.42 bits per heavy atom. The fourth-order valence-corrected chi connectivity index (χ4v) is 0.566. The summed E-state index contributed by atoms with van der Waals surface area (Å²) in [5, 5.41) is 0. The highest BCUT2D eigenvalue weighted by Crippen LogP contribution is 2.26. The summed E-state index contributed by atoms with van der Waals surface area (Å²) in [7, 11) is 0. The van der Waals surface area contributed by atoms with Crippen molar-refractivity contribution in [2.24, 2.45) is 0 Å². The fraction of sp³-hybridized carbons (Fsp3) is 1.00. The topological polar surface area (TPSA) is 18.5 Å². The zero-order valence-electron chi connectivity index (χ0n) is 11.4. The van der Waals surface area contributed by atoms with Crippen LogP contribution in [0.5, 0.6) is 0 Å². The van der Waals surface area contributed by atoms with E-state index in [1.807, 2.05) is 0 Å². The third-order valence-electron chi connectivity index (χ3n) is 1.40. The number of ether oxygens (including phenoxy) is 2. The van der Waals surface area contributed by atoms with E-state index in [1.165, 1.54) is 6.42 Å². The Balaban J connectivity index is 0. The molecule has 0 heterocycles. The molecule has 0 aromatic heterocycles. The Hall–Kier alpha value is -0.500. The van der Waals surface area contributed by atoms with E-state index in [9.17, 15) is 26.3 Å². The number of halogens is 6. The first-order valence-electron chi connectivity index (χ1n) is 5.80. The predicted molar refractivity (Wildman–Crippen MR) is 58.7 cm³/mol. The van der Waals surface area contributed by atoms with Crippen LogP contribution in [0.2, 0.25) is 0 Å². The van der Waals surface area contributed by atoms with E-state index in [0.717, 1.165) is 6.92 Å². The summed E-state index contributed by atoms with van der Waals surface area (Å²) in [4.78, 5) is 0. The van der Waals surface area contributed by atoms with Crippen LogP contribution in [-0.4, -0.2) is 31.4 Å². The minimum absolute atomic E-state index is 0.366. The molecule has 0 aliphatic carbocycles. The first-order chi connectivity index (χ1) is 8.39. The zero-order chi connectivity index (χ0) is 15.7. The lowest BCUT2D eigenvalue weighted by molar-refractivity contribution is -0.332. The summed E-state index contributed by atoms with van der Waals surface area (Å²) in [5.74, 6) is -3.46. The molecule has 0 spiro atoms. The average molecular weight is 298 g/mol. The Bertz CT molecular complexity index is 228. The van der Waals surface area contributed by atoms with Crippen LogP contribution in [0.3, 0.4) is 0 Å². The van der Waals surface area contributed by atoms with Crippen LogP contribution in [0, 0.1) is 0 Å². The van der Waals surface area contributed by atoms with E-state index in [1.54, 1.807) is 0 Å². The Labute approximate surface area is 109 Å². The molecular weight excluding hydrogens is 278 g/mol. The van der Waals surface area contributed by atoms with E-state index < -0.39 is 37.8 Å². The maximum Gasteiger partial charge on any atom is 0.379 e. The van der Waals surface area contributed by atoms with Crippen molar-refractivity contribution < 1.29 is 35.8 Å². The van der Waals surface area contributed by atoms with Crippen LogP contribution in [0.4, 0.5) is 26.3 Å². The van der Waals surface area contributed by atoms with Crippen molar-refractivity contribution in [3.05, 3.63) is 0 Å². The predicted octanol–water partition coefficient (Wildman–Crippen LogP) is 4.69. The molecule has 0 saturated carbocycles. The number of alkyl halides is 6. The molecule has 0 aromatic carbocycles. The van der Waals surface area contributed by atoms with Gasteiger partial charge in [-0.15, -0.1) is 0 Å². The van der Waals surface area contributed by atoms with Crippen molar-refractivity contribution in [2.45, 2.75) is 58.7 Å². The molecule has 0 rings (SSSR count). The van der Waals surface area contributed by atoms with Crippen LogP contribution >= 0.6 is 0 Å². The molecular formula is C11H20F6O2. The van der Waals surface area contributed by atoms with Gasteiger partial charge < -0.3 is 9.47 Å². The van der Waals surface area contributed by atoms with Gasteiger partial charge in [0.15, 0.2) is 0 Å². The van der Waals surface area contributed by atoms with Crippen molar-refractivity contribution in [1.82, 2.24) is 0 Å². The molecule has 0 fully saturated rings. The van der Waals surface area contributed by atoms with Crippen molar-refractivity contribution in [1.29, 1.82) is 0 Å². The van der Waals surface area contributed by atoms with Crippen molar-refractivity contribution >= 4 is 0 Å². The summed E-state index contributed by atoms with van der Waals surface area (Å²) in [6.07, 6.45) is -7.44. The molecule has 0 saturated heterocycles. The van der Waals surface area contributed by atoms with Gasteiger partial charge >= 0.3 is 12.2 Å². The van der Waals surface area contributed by atoms with Gasteiger partial charge in [0.05, 0.1) is 0 Å². The molecule has 0 bridgehead atoms. The summed E-state index contributed by atoms with van der Waals surface area (Å²) >= 11 is 0. The van der Waals surface area contributed by atoms with Crippen molar-refractivity contribution in [2.75, 3.05) is 13.2 Å². The zero-order valence-corrected chi connectivity index (χ0v) is 11.4.